The van der Waals surface area contributed by atoms with Crippen molar-refractivity contribution in [2.75, 3.05) is 16.8 Å². The second kappa shape index (κ2) is 11.4. The van der Waals surface area contributed by atoms with E-state index in [1.807, 2.05) is 36.2 Å². The zero-order valence-electron chi connectivity index (χ0n) is 22.7. The van der Waals surface area contributed by atoms with E-state index in [0.717, 1.165) is 40.3 Å². The molecule has 0 aromatic heterocycles. The van der Waals surface area contributed by atoms with Gasteiger partial charge >= 0.3 is 0 Å². The maximum absolute atomic E-state index is 11.2. The van der Waals surface area contributed by atoms with E-state index in [9.17, 15) is 10.1 Å². The first-order valence-electron chi connectivity index (χ1n) is 13.6. The van der Waals surface area contributed by atoms with E-state index in [1.165, 1.54) is 22.9 Å². The van der Waals surface area contributed by atoms with Crippen LogP contribution in [0.15, 0.2) is 145 Å². The first kappa shape index (κ1) is 25.8. The Morgan fingerprint density at radius 3 is 1.98 bits per heavy atom. The standard InChI is InChI=1S/C36H29N3O2/c1-37(34-14-8-16-36(26-34)39(40)41)31-21-17-28(18-22-31)29-19-23-33(24-20-29)38(32-12-3-2-4-13-32)35-15-7-11-27-9-5-6-10-30(27)25-35/h2-24,26H,25H2,1H3. The van der Waals surface area contributed by atoms with Crippen LogP contribution >= 0.6 is 0 Å². The van der Waals surface area contributed by atoms with Gasteiger partial charge < -0.3 is 9.80 Å². The topological polar surface area (TPSA) is 49.6 Å². The Labute approximate surface area is 240 Å². The number of hydrogen-bond acceptors (Lipinski definition) is 4. The molecule has 1 aliphatic carbocycles. The molecule has 0 heterocycles. The molecule has 0 saturated heterocycles. The average molecular weight is 536 g/mol. The van der Waals surface area contributed by atoms with Crippen molar-refractivity contribution in [2.45, 2.75) is 6.42 Å². The molecule has 1 aliphatic rings. The smallest absolute Gasteiger partial charge is 0.271 e. The Bertz CT molecular complexity index is 1740. The van der Waals surface area contributed by atoms with Gasteiger partial charge in [-0.3, -0.25) is 10.1 Å². The van der Waals surface area contributed by atoms with Crippen LogP contribution in [0.2, 0.25) is 0 Å². The third-order valence-electron chi connectivity index (χ3n) is 7.43. The zero-order chi connectivity index (χ0) is 28.2. The molecule has 5 heteroatoms. The molecule has 6 rings (SSSR count). The number of rotatable bonds is 7. The van der Waals surface area contributed by atoms with Gasteiger partial charge in [-0.25, -0.2) is 0 Å². The molecule has 0 N–H and O–H groups in total. The molecule has 0 atom stereocenters. The van der Waals surface area contributed by atoms with Gasteiger partial charge in [0.25, 0.3) is 5.69 Å². The van der Waals surface area contributed by atoms with Crippen molar-refractivity contribution in [2.24, 2.45) is 0 Å². The van der Waals surface area contributed by atoms with E-state index in [1.54, 1.807) is 12.1 Å². The van der Waals surface area contributed by atoms with Crippen LogP contribution in [0, 0.1) is 10.1 Å². The van der Waals surface area contributed by atoms with Crippen molar-refractivity contribution in [1.82, 2.24) is 0 Å². The number of fused-ring (bicyclic) bond motifs is 1. The van der Waals surface area contributed by atoms with E-state index in [2.05, 4.69) is 108 Å². The predicted molar refractivity (Wildman–Crippen MR) is 169 cm³/mol. The molecule has 200 valence electrons. The minimum absolute atomic E-state index is 0.0791. The molecular formula is C36H29N3O2. The van der Waals surface area contributed by atoms with Gasteiger partial charge in [0.2, 0.25) is 0 Å². The van der Waals surface area contributed by atoms with Crippen LogP contribution < -0.4 is 9.80 Å². The number of anilines is 4. The summed E-state index contributed by atoms with van der Waals surface area (Å²) in [6.07, 6.45) is 7.35. The molecule has 0 radical (unpaired) electrons. The second-order valence-electron chi connectivity index (χ2n) is 9.99. The first-order chi connectivity index (χ1) is 20.1. The van der Waals surface area contributed by atoms with Crippen molar-refractivity contribution in [1.29, 1.82) is 0 Å². The first-order valence-corrected chi connectivity index (χ1v) is 13.6. The predicted octanol–water partition coefficient (Wildman–Crippen LogP) is 9.32. The van der Waals surface area contributed by atoms with Crippen molar-refractivity contribution < 1.29 is 4.92 Å². The van der Waals surface area contributed by atoms with Crippen LogP contribution in [-0.4, -0.2) is 12.0 Å². The van der Waals surface area contributed by atoms with Crippen LogP contribution in [-0.2, 0) is 6.42 Å². The van der Waals surface area contributed by atoms with Crippen LogP contribution in [0.25, 0.3) is 17.2 Å². The molecule has 41 heavy (non-hydrogen) atoms. The van der Waals surface area contributed by atoms with Crippen molar-refractivity contribution >= 4 is 34.5 Å². The van der Waals surface area contributed by atoms with Crippen LogP contribution in [0.5, 0.6) is 0 Å². The molecule has 0 spiro atoms. The third-order valence-corrected chi connectivity index (χ3v) is 7.43. The lowest BCUT2D eigenvalue weighted by Gasteiger charge is -2.28. The number of allylic oxidation sites excluding steroid dienone is 3. The van der Waals surface area contributed by atoms with Gasteiger partial charge in [0.05, 0.1) is 4.92 Å². The minimum Gasteiger partial charge on any atom is -0.344 e. The maximum Gasteiger partial charge on any atom is 0.271 e. The lowest BCUT2D eigenvalue weighted by atomic mass is 10.0. The summed E-state index contributed by atoms with van der Waals surface area (Å²) in [5, 5.41) is 11.2. The number of nitrogens with zero attached hydrogens (tertiary/aromatic N) is 3. The van der Waals surface area contributed by atoms with Gasteiger partial charge in [0, 0.05) is 54.0 Å². The number of hydrogen-bond donors (Lipinski definition) is 0. The maximum atomic E-state index is 11.2. The third kappa shape index (κ3) is 5.52. The molecule has 0 bridgehead atoms. The molecule has 0 amide bonds. The lowest BCUT2D eigenvalue weighted by Crippen LogP contribution is -2.18. The van der Waals surface area contributed by atoms with Crippen molar-refractivity contribution in [3.8, 4) is 11.1 Å². The van der Waals surface area contributed by atoms with E-state index in [-0.39, 0.29) is 10.6 Å². The van der Waals surface area contributed by atoms with Crippen LogP contribution in [0.1, 0.15) is 11.1 Å². The summed E-state index contributed by atoms with van der Waals surface area (Å²) in [7, 11) is 1.91. The Hall–Kier alpha value is -5.42. The SMILES string of the molecule is CN(c1ccc(-c2ccc(N(C3=CC=Cc4ccccc4C3)c3ccccc3)cc2)cc1)c1cccc([N+](=O)[O-])c1. The van der Waals surface area contributed by atoms with E-state index in [0.29, 0.717) is 0 Å². The fraction of sp³-hybridized carbons (Fsp3) is 0.0556. The highest BCUT2D eigenvalue weighted by atomic mass is 16.6. The highest BCUT2D eigenvalue weighted by Gasteiger charge is 2.17. The molecule has 5 aromatic carbocycles. The van der Waals surface area contributed by atoms with Crippen molar-refractivity contribution in [3.63, 3.8) is 0 Å². The summed E-state index contributed by atoms with van der Waals surface area (Å²) in [6.45, 7) is 0. The lowest BCUT2D eigenvalue weighted by molar-refractivity contribution is -0.384. The van der Waals surface area contributed by atoms with Gasteiger partial charge in [-0.1, -0.05) is 84.9 Å². The fourth-order valence-electron chi connectivity index (χ4n) is 5.23. The molecule has 5 nitrogen and oxygen atoms in total. The largest absolute Gasteiger partial charge is 0.344 e. The Morgan fingerprint density at radius 1 is 0.659 bits per heavy atom. The molecule has 0 aliphatic heterocycles. The summed E-state index contributed by atoms with van der Waals surface area (Å²) in [6, 6.07) is 42.6. The molecule has 0 saturated carbocycles. The number of benzene rings is 5. The number of nitro groups is 1. The summed E-state index contributed by atoms with van der Waals surface area (Å²) >= 11 is 0. The Morgan fingerprint density at radius 2 is 1.27 bits per heavy atom. The fourth-order valence-corrected chi connectivity index (χ4v) is 5.23. The van der Waals surface area contributed by atoms with Gasteiger partial charge in [0.15, 0.2) is 0 Å². The van der Waals surface area contributed by atoms with Crippen LogP contribution in [0.3, 0.4) is 0 Å². The Balaban J connectivity index is 1.27. The number of para-hydroxylation sites is 1. The number of nitro benzene ring substituents is 1. The van der Waals surface area contributed by atoms with Gasteiger partial charge in [0.1, 0.15) is 0 Å². The highest BCUT2D eigenvalue weighted by molar-refractivity contribution is 5.75. The summed E-state index contributed by atoms with van der Waals surface area (Å²) < 4.78 is 0. The highest BCUT2D eigenvalue weighted by Crippen LogP contribution is 2.35. The molecular weight excluding hydrogens is 506 g/mol. The summed E-state index contributed by atoms with van der Waals surface area (Å²) in [5.74, 6) is 0. The zero-order valence-corrected chi connectivity index (χ0v) is 22.7. The van der Waals surface area contributed by atoms with Crippen molar-refractivity contribution in [3.05, 3.63) is 166 Å². The van der Waals surface area contributed by atoms with Crippen LogP contribution in [0.4, 0.5) is 28.4 Å². The number of non-ortho nitro benzene ring substituents is 1. The minimum atomic E-state index is -0.370. The van der Waals surface area contributed by atoms with Gasteiger partial charge in [-0.2, -0.15) is 0 Å². The Kier molecular flexibility index (Phi) is 7.16. The van der Waals surface area contributed by atoms with E-state index < -0.39 is 0 Å². The van der Waals surface area contributed by atoms with Gasteiger partial charge in [-0.05, 0) is 70.8 Å². The quantitative estimate of drug-likeness (QED) is 0.154. The molecule has 0 fully saturated rings. The normalized spacial score (nSPS) is 12.2. The van der Waals surface area contributed by atoms with E-state index >= 15 is 0 Å². The van der Waals surface area contributed by atoms with E-state index in [4.69, 9.17) is 0 Å². The monoisotopic (exact) mass is 535 g/mol. The average Bonchev–Trinajstić information content (AvgIpc) is 3.24. The second-order valence-corrected chi connectivity index (χ2v) is 9.99. The summed E-state index contributed by atoms with van der Waals surface area (Å²) in [4.78, 5) is 15.1. The molecule has 5 aromatic rings. The molecule has 0 unspecified atom stereocenters. The summed E-state index contributed by atoms with van der Waals surface area (Å²) in [5.41, 5.74) is 10.00. The van der Waals surface area contributed by atoms with Gasteiger partial charge in [-0.15, -0.1) is 0 Å².